The number of nitrogens with one attached hydrogen (secondary N) is 1. The van der Waals surface area contributed by atoms with Gasteiger partial charge in [0.15, 0.2) is 0 Å². The Morgan fingerprint density at radius 3 is 2.29 bits per heavy atom. The van der Waals surface area contributed by atoms with Crippen molar-refractivity contribution in [2.24, 2.45) is 5.92 Å². The summed E-state index contributed by atoms with van der Waals surface area (Å²) in [5.41, 5.74) is 3.08. The first-order valence-corrected chi connectivity index (χ1v) is 8.67. The van der Waals surface area contributed by atoms with Crippen LogP contribution in [0.4, 0.5) is 4.39 Å². The summed E-state index contributed by atoms with van der Waals surface area (Å²) >= 11 is 4.40. The second kappa shape index (κ2) is 11.9. The van der Waals surface area contributed by atoms with Crippen LogP contribution in [0.15, 0.2) is 35.1 Å². The third-order valence-corrected chi connectivity index (χ3v) is 4.09. The molecule has 0 saturated carbocycles. The molecule has 0 bridgehead atoms. The first kappa shape index (κ1) is 20.3. The Balaban J connectivity index is 4.99. The first-order valence-electron chi connectivity index (χ1n) is 8.04. The number of halogens is 1. The summed E-state index contributed by atoms with van der Waals surface area (Å²) in [6.45, 7) is 10.1. The highest BCUT2D eigenvalue weighted by Gasteiger charge is 2.15. The molecule has 0 aliphatic carbocycles. The van der Waals surface area contributed by atoms with E-state index in [1.54, 1.807) is 0 Å². The highest BCUT2D eigenvalue weighted by molar-refractivity contribution is 7.80. The molecule has 0 amide bonds. The molecule has 0 aromatic carbocycles. The van der Waals surface area contributed by atoms with Crippen molar-refractivity contribution < 1.29 is 4.39 Å². The summed E-state index contributed by atoms with van der Waals surface area (Å²) in [5.74, 6) is 1.03. The van der Waals surface area contributed by atoms with Gasteiger partial charge in [0.2, 0.25) is 0 Å². The van der Waals surface area contributed by atoms with E-state index in [0.717, 1.165) is 24.8 Å². The number of thiol groups is 1. The van der Waals surface area contributed by atoms with E-state index in [9.17, 15) is 4.39 Å². The SMILES string of the molecule is CC/C=C(C)\C=C/C(C)N/C(CF)=C(\CS)C(CC)CC. The molecule has 1 atom stereocenters. The van der Waals surface area contributed by atoms with Crippen LogP contribution in [0.5, 0.6) is 0 Å². The fourth-order valence-corrected chi connectivity index (χ4v) is 2.93. The van der Waals surface area contributed by atoms with Gasteiger partial charge in [-0.1, -0.05) is 44.6 Å². The molecule has 3 heteroatoms. The second-order valence-electron chi connectivity index (χ2n) is 5.46. The van der Waals surface area contributed by atoms with Crippen molar-refractivity contribution in [3.05, 3.63) is 35.1 Å². The molecule has 0 saturated heterocycles. The topological polar surface area (TPSA) is 12.0 Å². The zero-order valence-corrected chi connectivity index (χ0v) is 15.1. The standard InChI is InChI=1S/C18H32FNS/c1-6-9-14(4)10-11-15(5)20-18(12-19)17(13-21)16(7-2)8-3/h9-11,15-16,20-21H,6-8,12-13H2,1-5H3/b11-10-,14-9-,18-17+. The molecule has 1 nitrogen and oxygen atoms in total. The van der Waals surface area contributed by atoms with E-state index in [1.807, 2.05) is 0 Å². The normalized spacial score (nSPS) is 15.5. The Morgan fingerprint density at radius 1 is 1.24 bits per heavy atom. The van der Waals surface area contributed by atoms with Crippen LogP contribution >= 0.6 is 12.6 Å². The van der Waals surface area contributed by atoms with Crippen molar-refractivity contribution in [3.63, 3.8) is 0 Å². The third-order valence-electron chi connectivity index (χ3n) is 3.75. The molecular formula is C18H32FNS. The van der Waals surface area contributed by atoms with Crippen molar-refractivity contribution in [1.29, 1.82) is 0 Å². The monoisotopic (exact) mass is 313 g/mol. The van der Waals surface area contributed by atoms with Gasteiger partial charge in [0, 0.05) is 17.5 Å². The molecule has 0 rings (SSSR count). The summed E-state index contributed by atoms with van der Waals surface area (Å²) in [6.07, 6.45) is 9.44. The lowest BCUT2D eigenvalue weighted by Crippen LogP contribution is -2.27. The molecule has 0 aromatic rings. The van der Waals surface area contributed by atoms with Gasteiger partial charge >= 0.3 is 0 Å². The molecule has 0 aliphatic heterocycles. The lowest BCUT2D eigenvalue weighted by atomic mass is 9.93. The van der Waals surface area contributed by atoms with Gasteiger partial charge in [0.05, 0.1) is 0 Å². The molecule has 0 aliphatic rings. The molecule has 0 spiro atoms. The molecule has 0 heterocycles. The van der Waals surface area contributed by atoms with E-state index >= 15 is 0 Å². The number of hydrogen-bond acceptors (Lipinski definition) is 2. The minimum absolute atomic E-state index is 0.111. The summed E-state index contributed by atoms with van der Waals surface area (Å²) in [5, 5.41) is 3.31. The highest BCUT2D eigenvalue weighted by atomic mass is 32.1. The average Bonchev–Trinajstić information content (AvgIpc) is 2.48. The summed E-state index contributed by atoms with van der Waals surface area (Å²) < 4.78 is 13.4. The van der Waals surface area contributed by atoms with Crippen molar-refractivity contribution in [3.8, 4) is 0 Å². The fourth-order valence-electron chi connectivity index (χ4n) is 2.48. The van der Waals surface area contributed by atoms with Crippen LogP contribution in [0.3, 0.4) is 0 Å². The zero-order chi connectivity index (χ0) is 16.3. The predicted octanol–water partition coefficient (Wildman–Crippen LogP) is 5.47. The first-order chi connectivity index (χ1) is 10.0. The van der Waals surface area contributed by atoms with Crippen molar-refractivity contribution in [2.45, 2.75) is 59.9 Å². The average molecular weight is 314 g/mol. The van der Waals surface area contributed by atoms with E-state index in [4.69, 9.17) is 0 Å². The lowest BCUT2D eigenvalue weighted by molar-refractivity contribution is 0.484. The van der Waals surface area contributed by atoms with Gasteiger partial charge in [-0.3, -0.25) is 0 Å². The predicted molar refractivity (Wildman–Crippen MR) is 96.7 cm³/mol. The van der Waals surface area contributed by atoms with Gasteiger partial charge in [-0.25, -0.2) is 4.39 Å². The van der Waals surface area contributed by atoms with Crippen LogP contribution in [0.1, 0.15) is 53.9 Å². The Morgan fingerprint density at radius 2 is 1.86 bits per heavy atom. The van der Waals surface area contributed by atoms with Crippen LogP contribution < -0.4 is 5.32 Å². The Labute approximate surface area is 136 Å². The molecular weight excluding hydrogens is 281 g/mol. The van der Waals surface area contributed by atoms with Crippen molar-refractivity contribution in [1.82, 2.24) is 5.32 Å². The van der Waals surface area contributed by atoms with E-state index in [0.29, 0.717) is 17.4 Å². The minimum Gasteiger partial charge on any atom is -0.380 e. The maximum Gasteiger partial charge on any atom is 0.129 e. The van der Waals surface area contributed by atoms with E-state index in [2.05, 4.69) is 70.8 Å². The van der Waals surface area contributed by atoms with Gasteiger partial charge in [0.25, 0.3) is 0 Å². The van der Waals surface area contributed by atoms with Gasteiger partial charge in [-0.2, -0.15) is 12.6 Å². The van der Waals surface area contributed by atoms with Crippen LogP contribution in [0.2, 0.25) is 0 Å². The van der Waals surface area contributed by atoms with Gasteiger partial charge in [0.1, 0.15) is 6.67 Å². The van der Waals surface area contributed by atoms with Crippen LogP contribution in [0.25, 0.3) is 0 Å². The summed E-state index contributed by atoms with van der Waals surface area (Å²) in [4.78, 5) is 0. The maximum absolute atomic E-state index is 13.4. The molecule has 0 fully saturated rings. The Bertz CT molecular complexity index is 367. The van der Waals surface area contributed by atoms with Gasteiger partial charge in [-0.05, 0) is 44.6 Å². The van der Waals surface area contributed by atoms with Gasteiger partial charge in [-0.15, -0.1) is 0 Å². The number of hydrogen-bond donors (Lipinski definition) is 2. The lowest BCUT2D eigenvalue weighted by Gasteiger charge is -2.22. The van der Waals surface area contributed by atoms with Crippen LogP contribution in [-0.2, 0) is 0 Å². The smallest absolute Gasteiger partial charge is 0.129 e. The van der Waals surface area contributed by atoms with Crippen LogP contribution in [-0.4, -0.2) is 18.5 Å². The van der Waals surface area contributed by atoms with Crippen molar-refractivity contribution >= 4 is 12.6 Å². The molecule has 21 heavy (non-hydrogen) atoms. The third kappa shape index (κ3) is 7.75. The summed E-state index contributed by atoms with van der Waals surface area (Å²) in [7, 11) is 0. The Kier molecular flexibility index (Phi) is 11.5. The number of rotatable bonds is 10. The highest BCUT2D eigenvalue weighted by Crippen LogP contribution is 2.23. The zero-order valence-electron chi connectivity index (χ0n) is 14.2. The largest absolute Gasteiger partial charge is 0.380 e. The minimum atomic E-state index is -0.450. The molecule has 0 aromatic heterocycles. The molecule has 0 radical (unpaired) electrons. The van der Waals surface area contributed by atoms with E-state index < -0.39 is 6.67 Å². The molecule has 122 valence electrons. The van der Waals surface area contributed by atoms with Crippen molar-refractivity contribution in [2.75, 3.05) is 12.4 Å². The fraction of sp³-hybridized carbons (Fsp3) is 0.667. The molecule has 1 unspecified atom stereocenters. The quantitative estimate of drug-likeness (QED) is 0.403. The number of allylic oxidation sites excluding steroid dienone is 4. The van der Waals surface area contributed by atoms with Crippen LogP contribution in [0, 0.1) is 5.92 Å². The number of alkyl halides is 1. The van der Waals surface area contributed by atoms with E-state index in [-0.39, 0.29) is 6.04 Å². The van der Waals surface area contributed by atoms with Gasteiger partial charge < -0.3 is 5.32 Å². The molecule has 1 N–H and O–H groups in total. The second-order valence-corrected chi connectivity index (χ2v) is 5.77. The van der Waals surface area contributed by atoms with E-state index in [1.165, 1.54) is 5.57 Å². The summed E-state index contributed by atoms with van der Waals surface area (Å²) in [6, 6.07) is 0.111. The Hall–Kier alpha value is -0.700. The maximum atomic E-state index is 13.4.